The first kappa shape index (κ1) is 24.7. The molecule has 0 unspecified atom stereocenters. The molecular formula is C31H30N2O3. The molecule has 0 aliphatic rings. The fourth-order valence-electron chi connectivity index (χ4n) is 4.11. The topological polar surface area (TPSA) is 78.4 Å². The molecule has 5 nitrogen and oxygen atoms in total. The average Bonchev–Trinajstić information content (AvgIpc) is 2.86. The molecule has 4 aromatic rings. The van der Waals surface area contributed by atoms with Crippen LogP contribution in [0.5, 0.6) is 5.75 Å². The number of hydrogen-bond acceptors (Lipinski definition) is 3. The molecule has 0 saturated heterocycles. The second-order valence-electron chi connectivity index (χ2n) is 9.58. The van der Waals surface area contributed by atoms with Gasteiger partial charge in [-0.3, -0.25) is 9.59 Å². The zero-order valence-electron chi connectivity index (χ0n) is 20.9. The Labute approximate surface area is 211 Å². The van der Waals surface area contributed by atoms with Crippen LogP contribution in [0.4, 0.5) is 11.4 Å². The SMILES string of the molecule is Cc1cccc(NC(=O)c2ccc(C(C)(C)c3ccc(C(=O)Nc4cc(C)ccc4O)cc3)cc2)c1. The number of carbonyl (C=O) groups is 2. The van der Waals surface area contributed by atoms with Crippen molar-refractivity contribution in [1.29, 1.82) is 0 Å². The summed E-state index contributed by atoms with van der Waals surface area (Å²) in [4.78, 5) is 25.4. The van der Waals surface area contributed by atoms with Crippen LogP contribution >= 0.6 is 0 Å². The first-order chi connectivity index (χ1) is 17.1. The van der Waals surface area contributed by atoms with Crippen molar-refractivity contribution in [2.75, 3.05) is 10.6 Å². The van der Waals surface area contributed by atoms with Crippen molar-refractivity contribution in [3.05, 3.63) is 124 Å². The van der Waals surface area contributed by atoms with E-state index in [1.54, 1.807) is 30.3 Å². The molecule has 0 aliphatic carbocycles. The van der Waals surface area contributed by atoms with E-state index < -0.39 is 0 Å². The Balaban J connectivity index is 1.46. The zero-order chi connectivity index (χ0) is 25.9. The van der Waals surface area contributed by atoms with E-state index in [-0.39, 0.29) is 23.0 Å². The van der Waals surface area contributed by atoms with Crippen LogP contribution in [0.1, 0.15) is 56.8 Å². The molecule has 0 spiro atoms. The number of benzene rings is 4. The summed E-state index contributed by atoms with van der Waals surface area (Å²) in [5.41, 5.74) is 6.02. The summed E-state index contributed by atoms with van der Waals surface area (Å²) in [6.45, 7) is 8.10. The van der Waals surface area contributed by atoms with Crippen LogP contribution in [-0.2, 0) is 5.41 Å². The van der Waals surface area contributed by atoms with Gasteiger partial charge in [0, 0.05) is 22.2 Å². The van der Waals surface area contributed by atoms with E-state index in [1.807, 2.05) is 74.5 Å². The van der Waals surface area contributed by atoms with Crippen molar-refractivity contribution in [3.63, 3.8) is 0 Å². The number of aryl methyl sites for hydroxylation is 2. The Morgan fingerprint density at radius 2 is 1.19 bits per heavy atom. The molecule has 2 amide bonds. The maximum absolute atomic E-state index is 12.7. The third-order valence-corrected chi connectivity index (χ3v) is 6.41. The minimum atomic E-state index is -0.338. The van der Waals surface area contributed by atoms with Crippen molar-refractivity contribution in [2.45, 2.75) is 33.1 Å². The molecule has 182 valence electrons. The number of rotatable bonds is 6. The van der Waals surface area contributed by atoms with Gasteiger partial charge in [0.1, 0.15) is 5.75 Å². The van der Waals surface area contributed by atoms with Crippen molar-refractivity contribution in [3.8, 4) is 5.75 Å². The summed E-state index contributed by atoms with van der Waals surface area (Å²) in [5, 5.41) is 15.7. The van der Waals surface area contributed by atoms with Gasteiger partial charge in [-0.05, 0) is 84.6 Å². The molecule has 0 aromatic heterocycles. The Morgan fingerprint density at radius 3 is 1.75 bits per heavy atom. The van der Waals surface area contributed by atoms with E-state index in [4.69, 9.17) is 0 Å². The Morgan fingerprint density at radius 1 is 0.667 bits per heavy atom. The van der Waals surface area contributed by atoms with Crippen LogP contribution in [0.3, 0.4) is 0 Å². The van der Waals surface area contributed by atoms with Gasteiger partial charge < -0.3 is 15.7 Å². The predicted octanol–water partition coefficient (Wildman–Crippen LogP) is 6.84. The van der Waals surface area contributed by atoms with Crippen molar-refractivity contribution >= 4 is 23.2 Å². The number of hydrogen-bond donors (Lipinski definition) is 3. The number of aromatic hydroxyl groups is 1. The minimum Gasteiger partial charge on any atom is -0.506 e. The number of carbonyl (C=O) groups excluding carboxylic acids is 2. The van der Waals surface area contributed by atoms with Crippen LogP contribution < -0.4 is 10.6 Å². The highest BCUT2D eigenvalue weighted by Gasteiger charge is 2.24. The van der Waals surface area contributed by atoms with Crippen molar-refractivity contribution in [2.24, 2.45) is 0 Å². The molecule has 0 fully saturated rings. The minimum absolute atomic E-state index is 0.0303. The van der Waals surface area contributed by atoms with Gasteiger partial charge >= 0.3 is 0 Å². The van der Waals surface area contributed by atoms with E-state index in [1.165, 1.54) is 0 Å². The van der Waals surface area contributed by atoms with Gasteiger partial charge in [0.25, 0.3) is 11.8 Å². The van der Waals surface area contributed by atoms with Gasteiger partial charge in [0.15, 0.2) is 0 Å². The summed E-state index contributed by atoms with van der Waals surface area (Å²) in [6.07, 6.45) is 0. The van der Waals surface area contributed by atoms with Gasteiger partial charge in [-0.1, -0.05) is 56.3 Å². The van der Waals surface area contributed by atoms with Crippen LogP contribution in [0.15, 0.2) is 91.0 Å². The van der Waals surface area contributed by atoms with Crippen molar-refractivity contribution in [1.82, 2.24) is 0 Å². The fraction of sp³-hybridized carbons (Fsp3) is 0.161. The predicted molar refractivity (Wildman–Crippen MR) is 145 cm³/mol. The molecule has 36 heavy (non-hydrogen) atoms. The monoisotopic (exact) mass is 478 g/mol. The number of anilines is 2. The molecule has 0 saturated carbocycles. The summed E-state index contributed by atoms with van der Waals surface area (Å²) in [7, 11) is 0. The van der Waals surface area contributed by atoms with E-state index in [0.29, 0.717) is 16.8 Å². The molecule has 0 bridgehead atoms. The first-order valence-electron chi connectivity index (χ1n) is 11.8. The first-order valence-corrected chi connectivity index (χ1v) is 11.8. The molecule has 5 heteroatoms. The van der Waals surface area contributed by atoms with Crippen LogP contribution in [0, 0.1) is 13.8 Å². The van der Waals surface area contributed by atoms with Crippen molar-refractivity contribution < 1.29 is 14.7 Å². The van der Waals surface area contributed by atoms with Crippen LogP contribution in [0.25, 0.3) is 0 Å². The molecule has 0 radical (unpaired) electrons. The van der Waals surface area contributed by atoms with Gasteiger partial charge in [0.05, 0.1) is 5.69 Å². The third kappa shape index (κ3) is 5.47. The number of nitrogens with one attached hydrogen (secondary N) is 2. The molecule has 4 aromatic carbocycles. The number of phenols is 1. The van der Waals surface area contributed by atoms with E-state index in [0.717, 1.165) is 27.9 Å². The zero-order valence-corrected chi connectivity index (χ0v) is 20.9. The van der Waals surface area contributed by atoms with E-state index >= 15 is 0 Å². The summed E-state index contributed by atoms with van der Waals surface area (Å²) >= 11 is 0. The smallest absolute Gasteiger partial charge is 0.255 e. The summed E-state index contributed by atoms with van der Waals surface area (Å²) < 4.78 is 0. The highest BCUT2D eigenvalue weighted by Crippen LogP contribution is 2.32. The lowest BCUT2D eigenvalue weighted by Gasteiger charge is -2.26. The Kier molecular flexibility index (Phi) is 6.93. The van der Waals surface area contributed by atoms with Gasteiger partial charge in [-0.2, -0.15) is 0 Å². The molecular weight excluding hydrogens is 448 g/mol. The van der Waals surface area contributed by atoms with Crippen LogP contribution in [-0.4, -0.2) is 16.9 Å². The third-order valence-electron chi connectivity index (χ3n) is 6.41. The molecule has 0 atom stereocenters. The highest BCUT2D eigenvalue weighted by molar-refractivity contribution is 6.05. The quantitative estimate of drug-likeness (QED) is 0.266. The van der Waals surface area contributed by atoms with Gasteiger partial charge in [-0.15, -0.1) is 0 Å². The van der Waals surface area contributed by atoms with E-state index in [9.17, 15) is 14.7 Å². The van der Waals surface area contributed by atoms with E-state index in [2.05, 4.69) is 24.5 Å². The lowest BCUT2D eigenvalue weighted by atomic mass is 9.77. The number of amides is 2. The summed E-state index contributed by atoms with van der Waals surface area (Å²) in [5.74, 6) is -0.410. The lowest BCUT2D eigenvalue weighted by molar-refractivity contribution is 0.101. The average molecular weight is 479 g/mol. The standard InChI is InChI=1S/C31H30N2O3/c1-20-6-5-7-26(18-20)32-29(35)22-9-13-24(14-10-22)31(3,4)25-15-11-23(12-16-25)30(36)33-27-19-21(2)8-17-28(27)34/h5-19,34H,1-4H3,(H,32,35)(H,33,36). The lowest BCUT2D eigenvalue weighted by Crippen LogP contribution is -2.20. The number of phenolic OH excluding ortho intramolecular Hbond substituents is 1. The largest absolute Gasteiger partial charge is 0.506 e. The maximum atomic E-state index is 12.7. The Hall–Kier alpha value is -4.38. The van der Waals surface area contributed by atoms with Gasteiger partial charge in [0.2, 0.25) is 0 Å². The molecule has 3 N–H and O–H groups in total. The highest BCUT2D eigenvalue weighted by atomic mass is 16.3. The second kappa shape index (κ2) is 10.1. The molecule has 0 heterocycles. The fourth-order valence-corrected chi connectivity index (χ4v) is 4.11. The second-order valence-corrected chi connectivity index (χ2v) is 9.58. The van der Waals surface area contributed by atoms with Crippen LogP contribution in [0.2, 0.25) is 0 Å². The maximum Gasteiger partial charge on any atom is 0.255 e. The molecule has 0 aliphatic heterocycles. The van der Waals surface area contributed by atoms with Gasteiger partial charge in [-0.25, -0.2) is 0 Å². The normalized spacial score (nSPS) is 11.1. The summed E-state index contributed by atoms with van der Waals surface area (Å²) in [6, 6.07) is 27.8. The Bertz CT molecular complexity index is 1400. The molecule has 4 rings (SSSR count).